The molecule has 40 heavy (non-hydrogen) atoms. The third kappa shape index (κ3) is 7.56. The number of benzene rings is 3. The van der Waals surface area contributed by atoms with Gasteiger partial charge in [0.25, 0.3) is 10.2 Å². The van der Waals surface area contributed by atoms with Crippen molar-refractivity contribution in [1.82, 2.24) is 13.9 Å². The average molecular weight is 567 g/mol. The lowest BCUT2D eigenvalue weighted by molar-refractivity contribution is -0.137. The zero-order valence-corrected chi connectivity index (χ0v) is 23.3. The molecule has 0 unspecified atom stereocenters. The molecule has 1 fully saturated rings. The van der Waals surface area contributed by atoms with E-state index in [1.54, 1.807) is 6.07 Å². The van der Waals surface area contributed by atoms with E-state index in [0.717, 1.165) is 52.3 Å². The van der Waals surface area contributed by atoms with E-state index >= 15 is 0 Å². The molecule has 0 spiro atoms. The van der Waals surface area contributed by atoms with Gasteiger partial charge in [0.15, 0.2) is 0 Å². The molecule has 1 heterocycles. The second kappa shape index (κ2) is 12.5. The fourth-order valence-electron chi connectivity index (χ4n) is 4.43. The number of piperidine rings is 1. The first-order chi connectivity index (χ1) is 19.0. The molecule has 5 N–H and O–H groups in total. The van der Waals surface area contributed by atoms with Crippen LogP contribution in [0.4, 0.5) is 5.69 Å². The van der Waals surface area contributed by atoms with Crippen LogP contribution >= 0.6 is 0 Å². The molecule has 0 saturated carbocycles. The predicted molar refractivity (Wildman–Crippen MR) is 155 cm³/mol. The van der Waals surface area contributed by atoms with E-state index in [1.165, 1.54) is 7.05 Å². The summed E-state index contributed by atoms with van der Waals surface area (Å²) in [5.74, 6) is 0.466. The molecule has 1 aliphatic heterocycles. The van der Waals surface area contributed by atoms with Crippen LogP contribution in [0.15, 0.2) is 65.7 Å². The first-order valence-electron chi connectivity index (χ1n) is 12.9. The van der Waals surface area contributed by atoms with Crippen LogP contribution < -0.4 is 15.2 Å². The standard InChI is InChI=1S/C28H34N6O5S/c1-19(29)34-13-11-26(12-14-34)39-25-9-7-24(8-10-25)32-28(30)22-6-5-21-4-3-20(15-23(21)16-22)17-31-40(37,38)33(2)18-27(35)36/h3-10,15-16,26,29,31H,11-14,17-18H2,1-2H3,(H2,30,32)(H,35,36). The molecule has 0 bridgehead atoms. The van der Waals surface area contributed by atoms with Crippen molar-refractivity contribution in [3.05, 3.63) is 71.8 Å². The van der Waals surface area contributed by atoms with Crippen molar-refractivity contribution < 1.29 is 23.1 Å². The normalized spacial score (nSPS) is 15.0. The van der Waals surface area contributed by atoms with Gasteiger partial charge < -0.3 is 20.5 Å². The monoisotopic (exact) mass is 566 g/mol. The first kappa shape index (κ1) is 29.0. The summed E-state index contributed by atoms with van der Waals surface area (Å²) < 4.78 is 33.8. The quantitative estimate of drug-likeness (QED) is 0.217. The maximum Gasteiger partial charge on any atom is 0.318 e. The number of carboxylic acid groups (broad SMARTS) is 1. The number of nitrogens with zero attached hydrogens (tertiary/aromatic N) is 3. The highest BCUT2D eigenvalue weighted by Gasteiger charge is 2.21. The zero-order valence-electron chi connectivity index (χ0n) is 22.5. The number of amidine groups is 2. The lowest BCUT2D eigenvalue weighted by Gasteiger charge is -2.32. The first-order valence-corrected chi connectivity index (χ1v) is 14.3. The summed E-state index contributed by atoms with van der Waals surface area (Å²) in [6, 6.07) is 18.7. The Morgan fingerprint density at radius 1 is 1.12 bits per heavy atom. The number of aliphatic imine (C=N–C) groups is 1. The van der Waals surface area contributed by atoms with Gasteiger partial charge >= 0.3 is 5.97 Å². The molecule has 0 amide bonds. The number of carbonyl (C=O) groups is 1. The maximum absolute atomic E-state index is 12.3. The highest BCUT2D eigenvalue weighted by molar-refractivity contribution is 7.87. The number of ether oxygens (including phenoxy) is 1. The molecule has 3 aromatic carbocycles. The molecule has 0 radical (unpaired) electrons. The van der Waals surface area contributed by atoms with Gasteiger partial charge in [-0.05, 0) is 59.7 Å². The molecular formula is C28H34N6O5S. The highest BCUT2D eigenvalue weighted by atomic mass is 32.2. The average Bonchev–Trinajstić information content (AvgIpc) is 2.92. The van der Waals surface area contributed by atoms with Gasteiger partial charge in [-0.3, -0.25) is 10.2 Å². The van der Waals surface area contributed by atoms with Gasteiger partial charge in [-0.1, -0.05) is 24.3 Å². The lowest BCUT2D eigenvalue weighted by atomic mass is 10.0. The minimum Gasteiger partial charge on any atom is -0.490 e. The van der Waals surface area contributed by atoms with E-state index in [1.807, 2.05) is 61.5 Å². The summed E-state index contributed by atoms with van der Waals surface area (Å²) in [6.45, 7) is 2.84. The van der Waals surface area contributed by atoms with Crippen LogP contribution in [0.5, 0.6) is 5.75 Å². The van der Waals surface area contributed by atoms with E-state index in [4.69, 9.17) is 21.0 Å². The maximum atomic E-state index is 12.3. The van der Waals surface area contributed by atoms with E-state index in [2.05, 4.69) is 14.6 Å². The van der Waals surface area contributed by atoms with E-state index in [9.17, 15) is 13.2 Å². The molecule has 4 rings (SSSR count). The van der Waals surface area contributed by atoms with Gasteiger partial charge in [-0.25, -0.2) is 4.99 Å². The van der Waals surface area contributed by atoms with Gasteiger partial charge in [0, 0.05) is 45.1 Å². The van der Waals surface area contributed by atoms with Crippen LogP contribution in [0.2, 0.25) is 0 Å². The summed E-state index contributed by atoms with van der Waals surface area (Å²) in [5, 5.41) is 18.4. The summed E-state index contributed by atoms with van der Waals surface area (Å²) in [5.41, 5.74) is 8.44. The van der Waals surface area contributed by atoms with Crippen molar-refractivity contribution in [3.8, 4) is 5.75 Å². The second-order valence-electron chi connectivity index (χ2n) is 9.75. The van der Waals surface area contributed by atoms with Crippen LogP contribution in [0.1, 0.15) is 30.9 Å². The predicted octanol–water partition coefficient (Wildman–Crippen LogP) is 3.07. The third-order valence-corrected chi connectivity index (χ3v) is 8.19. The Labute approximate surface area is 233 Å². The Bertz CT molecular complexity index is 1520. The van der Waals surface area contributed by atoms with Crippen molar-refractivity contribution in [1.29, 1.82) is 5.41 Å². The van der Waals surface area contributed by atoms with Crippen molar-refractivity contribution in [2.24, 2.45) is 10.7 Å². The van der Waals surface area contributed by atoms with E-state index < -0.39 is 22.7 Å². The Morgan fingerprint density at radius 2 is 1.80 bits per heavy atom. The van der Waals surface area contributed by atoms with Crippen LogP contribution in [-0.2, 0) is 21.5 Å². The molecule has 1 saturated heterocycles. The fraction of sp³-hybridized carbons (Fsp3) is 0.321. The molecule has 1 aliphatic rings. The molecule has 0 aliphatic carbocycles. The van der Waals surface area contributed by atoms with Crippen LogP contribution in [0, 0.1) is 5.41 Å². The summed E-state index contributed by atoms with van der Waals surface area (Å²) >= 11 is 0. The molecule has 12 heteroatoms. The largest absolute Gasteiger partial charge is 0.490 e. The molecule has 212 valence electrons. The van der Waals surface area contributed by atoms with Crippen LogP contribution in [0.25, 0.3) is 10.8 Å². The number of hydrogen-bond donors (Lipinski definition) is 4. The Kier molecular flexibility index (Phi) is 9.03. The Hall–Kier alpha value is -4.00. The number of nitrogens with one attached hydrogen (secondary N) is 2. The van der Waals surface area contributed by atoms with Crippen molar-refractivity contribution in [3.63, 3.8) is 0 Å². The lowest BCUT2D eigenvalue weighted by Crippen LogP contribution is -2.40. The number of nitrogens with two attached hydrogens (primary N) is 1. The molecular weight excluding hydrogens is 532 g/mol. The number of rotatable bonds is 10. The van der Waals surface area contributed by atoms with Gasteiger partial charge in [0.2, 0.25) is 0 Å². The molecule has 0 atom stereocenters. The Balaban J connectivity index is 1.40. The minimum atomic E-state index is -3.94. The van der Waals surface area contributed by atoms with Crippen LogP contribution in [-0.4, -0.2) is 73.2 Å². The fourth-order valence-corrected chi connectivity index (χ4v) is 5.28. The SMILES string of the molecule is CC(=N)N1CCC(Oc2ccc(N=C(N)c3ccc4ccc(CNS(=O)(=O)N(C)CC(=O)O)cc4c3)cc2)CC1. The minimum absolute atomic E-state index is 0.00583. The van der Waals surface area contributed by atoms with Gasteiger partial charge in [0.05, 0.1) is 11.5 Å². The number of fused-ring (bicyclic) bond motifs is 1. The number of hydrogen-bond acceptors (Lipinski definition) is 6. The van der Waals surface area contributed by atoms with Crippen LogP contribution in [0.3, 0.4) is 0 Å². The van der Waals surface area contributed by atoms with E-state index in [-0.39, 0.29) is 12.6 Å². The number of aliphatic carboxylic acids is 1. The van der Waals surface area contributed by atoms with Gasteiger partial charge in [-0.2, -0.15) is 17.4 Å². The highest BCUT2D eigenvalue weighted by Crippen LogP contribution is 2.24. The molecule has 0 aromatic heterocycles. The van der Waals surface area contributed by atoms with Gasteiger partial charge in [0.1, 0.15) is 24.2 Å². The zero-order chi connectivity index (χ0) is 28.9. The smallest absolute Gasteiger partial charge is 0.318 e. The Morgan fingerprint density at radius 3 is 2.45 bits per heavy atom. The summed E-state index contributed by atoms with van der Waals surface area (Å²) in [7, 11) is -2.73. The number of carboxylic acids is 1. The molecule has 3 aromatic rings. The van der Waals surface area contributed by atoms with Crippen molar-refractivity contribution >= 4 is 44.3 Å². The number of likely N-dealkylation sites (N-methyl/N-ethyl adjacent to an activating group) is 1. The van der Waals surface area contributed by atoms with Crippen molar-refractivity contribution in [2.45, 2.75) is 32.4 Å². The second-order valence-corrected chi connectivity index (χ2v) is 11.6. The summed E-state index contributed by atoms with van der Waals surface area (Å²) in [4.78, 5) is 17.4. The topological polar surface area (TPSA) is 161 Å². The number of likely N-dealkylation sites (tertiary alicyclic amines) is 1. The third-order valence-electron chi connectivity index (χ3n) is 6.73. The summed E-state index contributed by atoms with van der Waals surface area (Å²) in [6.07, 6.45) is 1.87. The van der Waals surface area contributed by atoms with Gasteiger partial charge in [-0.15, -0.1) is 0 Å². The van der Waals surface area contributed by atoms with Crippen molar-refractivity contribution in [2.75, 3.05) is 26.7 Å². The van der Waals surface area contributed by atoms with E-state index in [0.29, 0.717) is 22.9 Å². The molecule has 11 nitrogen and oxygen atoms in total.